The van der Waals surface area contributed by atoms with Crippen LogP contribution >= 0.6 is 0 Å². The second-order valence-corrected chi connectivity index (χ2v) is 8.30. The van der Waals surface area contributed by atoms with E-state index in [2.05, 4.69) is 0 Å². The molecule has 1 aliphatic heterocycles. The summed E-state index contributed by atoms with van der Waals surface area (Å²) in [5.41, 5.74) is 1.46. The SMILES string of the molecule is CC1Oc2ccc(-c3cccc(CC(=O)O)c3)cc2CN1C(=O)OCc1ccc(F)c(C(F)(F)F)c1. The quantitative estimate of drug-likeness (QED) is 0.431. The minimum atomic E-state index is -4.87. The lowest BCUT2D eigenvalue weighted by molar-refractivity contribution is -0.140. The summed E-state index contributed by atoms with van der Waals surface area (Å²) >= 11 is 0. The number of fused-ring (bicyclic) bond motifs is 1. The van der Waals surface area contributed by atoms with E-state index in [0.717, 1.165) is 17.2 Å². The molecule has 0 aliphatic carbocycles. The number of carbonyl (C=O) groups is 2. The Balaban J connectivity index is 1.48. The highest BCUT2D eigenvalue weighted by atomic mass is 19.4. The lowest BCUT2D eigenvalue weighted by Gasteiger charge is -2.34. The topological polar surface area (TPSA) is 76.1 Å². The third-order valence-corrected chi connectivity index (χ3v) is 5.69. The summed E-state index contributed by atoms with van der Waals surface area (Å²) in [5, 5.41) is 9.04. The monoisotopic (exact) mass is 503 g/mol. The van der Waals surface area contributed by atoms with Crippen molar-refractivity contribution in [2.45, 2.75) is 38.9 Å². The Bertz CT molecular complexity index is 1310. The fourth-order valence-electron chi connectivity index (χ4n) is 3.91. The highest BCUT2D eigenvalue weighted by molar-refractivity contribution is 5.73. The summed E-state index contributed by atoms with van der Waals surface area (Å²) in [4.78, 5) is 25.0. The largest absolute Gasteiger partial charge is 0.481 e. The van der Waals surface area contributed by atoms with Gasteiger partial charge >= 0.3 is 18.2 Å². The second kappa shape index (κ2) is 9.88. The lowest BCUT2D eigenvalue weighted by atomic mass is 9.99. The average Bonchev–Trinajstić information content (AvgIpc) is 2.81. The van der Waals surface area contributed by atoms with Crippen LogP contribution in [-0.2, 0) is 35.3 Å². The van der Waals surface area contributed by atoms with Gasteiger partial charge in [0.05, 0.1) is 18.5 Å². The van der Waals surface area contributed by atoms with E-state index < -0.39 is 42.5 Å². The Hall–Kier alpha value is -4.08. The summed E-state index contributed by atoms with van der Waals surface area (Å²) in [5.74, 6) is -1.79. The molecule has 6 nitrogen and oxygen atoms in total. The number of hydrogen-bond donors (Lipinski definition) is 1. The Kier molecular flexibility index (Phi) is 6.87. The zero-order valence-corrected chi connectivity index (χ0v) is 19.0. The maximum atomic E-state index is 13.5. The van der Waals surface area contributed by atoms with Gasteiger partial charge in [0.25, 0.3) is 0 Å². The van der Waals surface area contributed by atoms with Gasteiger partial charge in [-0.2, -0.15) is 13.2 Å². The molecule has 0 aromatic heterocycles. The summed E-state index contributed by atoms with van der Waals surface area (Å²) in [7, 11) is 0. The number of aliphatic carboxylic acids is 1. The first-order valence-corrected chi connectivity index (χ1v) is 10.9. The van der Waals surface area contributed by atoms with E-state index >= 15 is 0 Å². The zero-order valence-electron chi connectivity index (χ0n) is 19.0. The van der Waals surface area contributed by atoms with Gasteiger partial charge in [-0.05, 0) is 53.4 Å². The van der Waals surface area contributed by atoms with Crippen LogP contribution in [0.2, 0.25) is 0 Å². The first kappa shape index (κ1) is 25.0. The molecule has 3 aromatic rings. The molecule has 0 fully saturated rings. The van der Waals surface area contributed by atoms with Gasteiger partial charge in [0.1, 0.15) is 18.2 Å². The van der Waals surface area contributed by atoms with Crippen LogP contribution in [0, 0.1) is 5.82 Å². The molecular formula is C26H21F4NO5. The molecule has 0 spiro atoms. The summed E-state index contributed by atoms with van der Waals surface area (Å²) in [6, 6.07) is 14.9. The number of benzene rings is 3. The van der Waals surface area contributed by atoms with Crippen molar-refractivity contribution < 1.29 is 41.7 Å². The van der Waals surface area contributed by atoms with Gasteiger partial charge in [0, 0.05) is 5.56 Å². The Morgan fingerprint density at radius 1 is 1.06 bits per heavy atom. The van der Waals surface area contributed by atoms with E-state index in [-0.39, 0.29) is 18.5 Å². The van der Waals surface area contributed by atoms with Crippen LogP contribution in [0.4, 0.5) is 22.4 Å². The maximum Gasteiger partial charge on any atom is 0.419 e. The molecule has 1 aliphatic rings. The van der Waals surface area contributed by atoms with Crippen LogP contribution in [0.5, 0.6) is 5.75 Å². The molecule has 1 N–H and O–H groups in total. The molecule has 0 radical (unpaired) electrons. The standard InChI is InChI=1S/C26H21F4NO5/c1-15-31(25(34)35-14-17-5-7-22(27)21(10-17)26(28,29)30)13-20-12-19(6-8-23(20)36-15)18-4-2-3-16(9-18)11-24(32)33/h2-10,12,15H,11,13-14H2,1H3,(H,32,33). The maximum absolute atomic E-state index is 13.5. The molecule has 1 amide bonds. The number of nitrogens with zero attached hydrogens (tertiary/aromatic N) is 1. The molecule has 36 heavy (non-hydrogen) atoms. The van der Waals surface area contributed by atoms with E-state index in [0.29, 0.717) is 29.0 Å². The fraction of sp³-hybridized carbons (Fsp3) is 0.231. The smallest absolute Gasteiger partial charge is 0.419 e. The molecule has 1 unspecified atom stereocenters. The third-order valence-electron chi connectivity index (χ3n) is 5.69. The van der Waals surface area contributed by atoms with Crippen molar-refractivity contribution in [3.05, 3.63) is 88.7 Å². The van der Waals surface area contributed by atoms with E-state index in [9.17, 15) is 27.2 Å². The highest BCUT2D eigenvalue weighted by Gasteiger charge is 2.34. The van der Waals surface area contributed by atoms with Crippen molar-refractivity contribution in [2.75, 3.05) is 0 Å². The molecule has 3 aromatic carbocycles. The van der Waals surface area contributed by atoms with Gasteiger partial charge in [-0.25, -0.2) is 9.18 Å². The minimum Gasteiger partial charge on any atom is -0.481 e. The molecule has 0 bridgehead atoms. The fourth-order valence-corrected chi connectivity index (χ4v) is 3.91. The van der Waals surface area contributed by atoms with Crippen molar-refractivity contribution in [3.63, 3.8) is 0 Å². The Morgan fingerprint density at radius 3 is 2.53 bits per heavy atom. The predicted octanol–water partition coefficient (Wildman–Crippen LogP) is 6.02. The number of hydrogen-bond acceptors (Lipinski definition) is 4. The Labute approximate surface area is 203 Å². The number of amides is 1. The first-order valence-electron chi connectivity index (χ1n) is 10.9. The highest BCUT2D eigenvalue weighted by Crippen LogP contribution is 2.34. The molecular weight excluding hydrogens is 482 g/mol. The zero-order chi connectivity index (χ0) is 26.0. The second-order valence-electron chi connectivity index (χ2n) is 8.30. The molecule has 188 valence electrons. The number of ether oxygens (including phenoxy) is 2. The first-order chi connectivity index (χ1) is 17.0. The van der Waals surface area contributed by atoms with Crippen molar-refractivity contribution >= 4 is 12.1 Å². The van der Waals surface area contributed by atoms with Gasteiger partial charge < -0.3 is 14.6 Å². The molecule has 0 saturated carbocycles. The van der Waals surface area contributed by atoms with Crippen LogP contribution in [0.25, 0.3) is 11.1 Å². The number of carboxylic acids is 1. The van der Waals surface area contributed by atoms with Crippen LogP contribution < -0.4 is 4.74 Å². The summed E-state index contributed by atoms with van der Waals surface area (Å²) < 4.78 is 63.3. The molecule has 1 heterocycles. The normalized spacial score (nSPS) is 15.1. The predicted molar refractivity (Wildman–Crippen MR) is 120 cm³/mol. The van der Waals surface area contributed by atoms with E-state index in [1.54, 1.807) is 31.2 Å². The van der Waals surface area contributed by atoms with Crippen LogP contribution in [-0.4, -0.2) is 28.3 Å². The number of halogens is 4. The van der Waals surface area contributed by atoms with Gasteiger partial charge in [-0.1, -0.05) is 36.4 Å². The summed E-state index contributed by atoms with van der Waals surface area (Å²) in [6.45, 7) is 1.27. The van der Waals surface area contributed by atoms with Gasteiger partial charge in [-0.3, -0.25) is 9.69 Å². The number of rotatable bonds is 5. The molecule has 4 rings (SSSR count). The van der Waals surface area contributed by atoms with Crippen molar-refractivity contribution in [2.24, 2.45) is 0 Å². The van der Waals surface area contributed by atoms with Gasteiger partial charge in [0.2, 0.25) is 0 Å². The van der Waals surface area contributed by atoms with Gasteiger partial charge in [-0.15, -0.1) is 0 Å². The number of carboxylic acid groups (broad SMARTS) is 1. The minimum absolute atomic E-state index is 0.00779. The Morgan fingerprint density at radius 2 is 1.81 bits per heavy atom. The summed E-state index contributed by atoms with van der Waals surface area (Å²) in [6.07, 6.45) is -6.49. The lowest BCUT2D eigenvalue weighted by Crippen LogP contribution is -2.44. The van der Waals surface area contributed by atoms with Crippen LogP contribution in [0.3, 0.4) is 0 Å². The number of carbonyl (C=O) groups excluding carboxylic acids is 1. The van der Waals surface area contributed by atoms with Crippen molar-refractivity contribution in [1.29, 1.82) is 0 Å². The van der Waals surface area contributed by atoms with Crippen LogP contribution in [0.1, 0.15) is 29.2 Å². The molecule has 1 atom stereocenters. The van der Waals surface area contributed by atoms with Crippen molar-refractivity contribution in [1.82, 2.24) is 4.90 Å². The van der Waals surface area contributed by atoms with E-state index in [1.165, 1.54) is 4.90 Å². The van der Waals surface area contributed by atoms with E-state index in [1.807, 2.05) is 18.2 Å². The molecule has 10 heteroatoms. The van der Waals surface area contributed by atoms with E-state index in [4.69, 9.17) is 14.6 Å². The average molecular weight is 503 g/mol. The third kappa shape index (κ3) is 5.59. The van der Waals surface area contributed by atoms with Crippen LogP contribution in [0.15, 0.2) is 60.7 Å². The van der Waals surface area contributed by atoms with Gasteiger partial charge in [0.15, 0.2) is 6.23 Å². The van der Waals surface area contributed by atoms with Crippen molar-refractivity contribution in [3.8, 4) is 16.9 Å². The number of alkyl halides is 3. The molecule has 0 saturated heterocycles.